The maximum absolute atomic E-state index is 11.2. The molecule has 0 saturated carbocycles. The van der Waals surface area contributed by atoms with E-state index in [0.29, 0.717) is 5.56 Å². The minimum Gasteiger partial charge on any atom is -0.506 e. The van der Waals surface area contributed by atoms with E-state index in [4.69, 9.17) is 11.6 Å². The van der Waals surface area contributed by atoms with Crippen LogP contribution in [0.15, 0.2) is 18.2 Å². The van der Waals surface area contributed by atoms with Crippen molar-refractivity contribution in [2.24, 2.45) is 0 Å². The molecule has 0 radical (unpaired) electrons. The topological polar surface area (TPSA) is 46.5 Å². The second-order valence-corrected chi connectivity index (χ2v) is 3.30. The van der Waals surface area contributed by atoms with E-state index < -0.39 is 5.92 Å². The van der Waals surface area contributed by atoms with Crippen molar-refractivity contribution in [3.8, 4) is 5.75 Å². The molecule has 0 amide bonds. The van der Waals surface area contributed by atoms with Gasteiger partial charge >= 0.3 is 5.97 Å². The minimum absolute atomic E-state index is 0.0279. The predicted octanol–water partition coefficient (Wildman–Crippen LogP) is 2.32. The number of esters is 1. The summed E-state index contributed by atoms with van der Waals surface area (Å²) >= 11 is 5.83. The summed E-state index contributed by atoms with van der Waals surface area (Å²) in [6.45, 7) is 1.67. The summed E-state index contributed by atoms with van der Waals surface area (Å²) < 4.78 is 4.58. The molecule has 1 rings (SSSR count). The lowest BCUT2D eigenvalue weighted by Gasteiger charge is -2.11. The molecule has 0 heterocycles. The highest BCUT2D eigenvalue weighted by molar-refractivity contribution is 6.33. The highest BCUT2D eigenvalue weighted by Gasteiger charge is 2.19. The van der Waals surface area contributed by atoms with Crippen LogP contribution >= 0.6 is 11.6 Å². The van der Waals surface area contributed by atoms with Crippen LogP contribution in [0.3, 0.4) is 0 Å². The van der Waals surface area contributed by atoms with Gasteiger partial charge in [0.2, 0.25) is 0 Å². The molecular formula is C10H11ClO3. The predicted molar refractivity (Wildman–Crippen MR) is 53.5 cm³/mol. The molecule has 76 valence electrons. The average Bonchev–Trinajstić information content (AvgIpc) is 2.20. The number of hydrogen-bond acceptors (Lipinski definition) is 3. The highest BCUT2D eigenvalue weighted by atomic mass is 35.5. The van der Waals surface area contributed by atoms with Crippen LogP contribution in [0.4, 0.5) is 0 Å². The molecule has 0 aliphatic carbocycles. The number of ether oxygens (including phenoxy) is 1. The molecule has 14 heavy (non-hydrogen) atoms. The Balaban J connectivity index is 3.07. The summed E-state index contributed by atoms with van der Waals surface area (Å²) in [7, 11) is 1.32. The fourth-order valence-corrected chi connectivity index (χ4v) is 1.46. The molecule has 0 aliphatic heterocycles. The number of phenols is 1. The number of carbonyl (C=O) groups is 1. The molecule has 0 aromatic heterocycles. The molecule has 1 aromatic carbocycles. The van der Waals surface area contributed by atoms with Gasteiger partial charge in [0, 0.05) is 0 Å². The van der Waals surface area contributed by atoms with Crippen LogP contribution in [0.25, 0.3) is 0 Å². The van der Waals surface area contributed by atoms with Gasteiger partial charge in [-0.2, -0.15) is 0 Å². The highest BCUT2D eigenvalue weighted by Crippen LogP contribution is 2.32. The molecule has 0 spiro atoms. The fraction of sp³-hybridized carbons (Fsp3) is 0.300. The lowest BCUT2D eigenvalue weighted by atomic mass is 10.0. The minimum atomic E-state index is -0.473. The number of hydrogen-bond donors (Lipinski definition) is 1. The van der Waals surface area contributed by atoms with E-state index >= 15 is 0 Å². The lowest BCUT2D eigenvalue weighted by molar-refractivity contribution is -0.141. The summed E-state index contributed by atoms with van der Waals surface area (Å²) in [6, 6.07) is 4.79. The van der Waals surface area contributed by atoms with E-state index in [-0.39, 0.29) is 16.7 Å². The van der Waals surface area contributed by atoms with E-state index in [1.54, 1.807) is 19.1 Å². The third kappa shape index (κ3) is 1.99. The number of rotatable bonds is 2. The van der Waals surface area contributed by atoms with Crippen molar-refractivity contribution in [3.63, 3.8) is 0 Å². The zero-order chi connectivity index (χ0) is 10.7. The third-order valence-electron chi connectivity index (χ3n) is 2.03. The SMILES string of the molecule is COC(=O)C(C)c1cccc(O)c1Cl. The number of aromatic hydroxyl groups is 1. The van der Waals surface area contributed by atoms with E-state index in [9.17, 15) is 9.90 Å². The van der Waals surface area contributed by atoms with Crippen LogP contribution in [0.1, 0.15) is 18.4 Å². The van der Waals surface area contributed by atoms with Gasteiger partial charge in [-0.1, -0.05) is 23.7 Å². The van der Waals surface area contributed by atoms with Gasteiger partial charge in [-0.15, -0.1) is 0 Å². The monoisotopic (exact) mass is 214 g/mol. The Bertz CT molecular complexity index is 349. The first-order chi connectivity index (χ1) is 6.57. The molecular weight excluding hydrogens is 204 g/mol. The molecule has 1 unspecified atom stereocenters. The Morgan fingerprint density at radius 2 is 2.21 bits per heavy atom. The molecule has 0 aliphatic rings. The number of halogens is 1. The van der Waals surface area contributed by atoms with Crippen molar-refractivity contribution in [2.45, 2.75) is 12.8 Å². The van der Waals surface area contributed by atoms with Crippen molar-refractivity contribution < 1.29 is 14.6 Å². The van der Waals surface area contributed by atoms with Crippen molar-refractivity contribution in [3.05, 3.63) is 28.8 Å². The molecule has 1 aromatic rings. The first-order valence-electron chi connectivity index (χ1n) is 4.13. The number of benzene rings is 1. The van der Waals surface area contributed by atoms with E-state index in [1.165, 1.54) is 13.2 Å². The summed E-state index contributed by atoms with van der Waals surface area (Å²) in [4.78, 5) is 11.2. The molecule has 3 nitrogen and oxygen atoms in total. The fourth-order valence-electron chi connectivity index (χ4n) is 1.18. The van der Waals surface area contributed by atoms with E-state index in [0.717, 1.165) is 0 Å². The van der Waals surface area contributed by atoms with Gasteiger partial charge in [0.1, 0.15) is 5.75 Å². The van der Waals surface area contributed by atoms with Crippen LogP contribution in [-0.2, 0) is 9.53 Å². The second kappa shape index (κ2) is 4.33. The Morgan fingerprint density at radius 1 is 1.57 bits per heavy atom. The van der Waals surface area contributed by atoms with Gasteiger partial charge in [-0.05, 0) is 18.6 Å². The smallest absolute Gasteiger partial charge is 0.312 e. The third-order valence-corrected chi connectivity index (χ3v) is 2.44. The molecule has 0 saturated heterocycles. The van der Waals surface area contributed by atoms with Crippen LogP contribution in [0.2, 0.25) is 5.02 Å². The normalized spacial score (nSPS) is 12.2. The molecule has 1 N–H and O–H groups in total. The Labute approximate surface area is 87.3 Å². The van der Waals surface area contributed by atoms with Crippen LogP contribution in [0.5, 0.6) is 5.75 Å². The second-order valence-electron chi connectivity index (χ2n) is 2.93. The molecule has 0 bridgehead atoms. The first-order valence-corrected chi connectivity index (χ1v) is 4.51. The summed E-state index contributed by atoms with van der Waals surface area (Å²) in [5.41, 5.74) is 0.568. The Morgan fingerprint density at radius 3 is 2.79 bits per heavy atom. The average molecular weight is 215 g/mol. The van der Waals surface area contributed by atoms with Crippen molar-refractivity contribution in [1.82, 2.24) is 0 Å². The van der Waals surface area contributed by atoms with Gasteiger partial charge in [0.15, 0.2) is 0 Å². The summed E-state index contributed by atoms with van der Waals surface area (Å²) in [5, 5.41) is 9.52. The Hall–Kier alpha value is -1.22. The zero-order valence-corrected chi connectivity index (χ0v) is 8.71. The van der Waals surface area contributed by atoms with E-state index in [2.05, 4.69) is 4.74 Å². The van der Waals surface area contributed by atoms with Gasteiger partial charge in [-0.3, -0.25) is 4.79 Å². The number of carbonyl (C=O) groups excluding carboxylic acids is 1. The first kappa shape index (κ1) is 10.9. The van der Waals surface area contributed by atoms with Crippen molar-refractivity contribution in [1.29, 1.82) is 0 Å². The maximum Gasteiger partial charge on any atom is 0.312 e. The summed E-state index contributed by atoms with van der Waals surface area (Å²) in [6.07, 6.45) is 0. The zero-order valence-electron chi connectivity index (χ0n) is 7.95. The number of methoxy groups -OCH3 is 1. The van der Waals surface area contributed by atoms with Crippen LogP contribution < -0.4 is 0 Å². The molecule has 0 fully saturated rings. The molecule has 1 atom stereocenters. The maximum atomic E-state index is 11.2. The van der Waals surface area contributed by atoms with Crippen molar-refractivity contribution in [2.75, 3.05) is 7.11 Å². The van der Waals surface area contributed by atoms with Crippen LogP contribution in [-0.4, -0.2) is 18.2 Å². The van der Waals surface area contributed by atoms with Crippen molar-refractivity contribution >= 4 is 17.6 Å². The largest absolute Gasteiger partial charge is 0.506 e. The standard InChI is InChI=1S/C10H11ClO3/c1-6(10(13)14-2)7-4-3-5-8(12)9(7)11/h3-6,12H,1-2H3. The number of phenolic OH excluding ortho intramolecular Hbond substituents is 1. The van der Waals surface area contributed by atoms with E-state index in [1.807, 2.05) is 0 Å². The lowest BCUT2D eigenvalue weighted by Crippen LogP contribution is -2.11. The Kier molecular flexibility index (Phi) is 3.36. The molecule has 4 heteroatoms. The van der Waals surface area contributed by atoms with Crippen LogP contribution in [0, 0.1) is 0 Å². The van der Waals surface area contributed by atoms with Gasteiger partial charge < -0.3 is 9.84 Å². The summed E-state index contributed by atoms with van der Waals surface area (Å²) in [5.74, 6) is -0.878. The quantitative estimate of drug-likeness (QED) is 0.769. The van der Waals surface area contributed by atoms with Gasteiger partial charge in [0.05, 0.1) is 18.1 Å². The van der Waals surface area contributed by atoms with Gasteiger partial charge in [-0.25, -0.2) is 0 Å². The van der Waals surface area contributed by atoms with Gasteiger partial charge in [0.25, 0.3) is 0 Å².